The number of amides is 1. The van der Waals surface area contributed by atoms with Crippen molar-refractivity contribution in [1.29, 1.82) is 0 Å². The Labute approximate surface area is 89.0 Å². The number of rotatable bonds is 4. The molecule has 0 aromatic carbocycles. The number of hydrogen-bond acceptors (Lipinski definition) is 3. The lowest BCUT2D eigenvalue weighted by Gasteiger charge is -2.38. The van der Waals surface area contributed by atoms with E-state index in [1.165, 1.54) is 4.90 Å². The number of piperidine rings is 1. The van der Waals surface area contributed by atoms with Gasteiger partial charge in [-0.3, -0.25) is 0 Å². The molecular weight excluding hydrogens is 198 g/mol. The number of carbonyl (C=O) groups is 2. The van der Waals surface area contributed by atoms with Crippen molar-refractivity contribution < 1.29 is 19.4 Å². The Balaban J connectivity index is 2.33. The van der Waals surface area contributed by atoms with Crippen LogP contribution in [0.2, 0.25) is 0 Å². The van der Waals surface area contributed by atoms with Crippen molar-refractivity contribution >= 4 is 12.4 Å². The maximum atomic E-state index is 10.7. The van der Waals surface area contributed by atoms with E-state index < -0.39 is 6.09 Å². The summed E-state index contributed by atoms with van der Waals surface area (Å²) in [5.74, 6) is 0. The molecule has 1 rings (SSSR count). The van der Waals surface area contributed by atoms with E-state index >= 15 is 0 Å². The number of aldehydes is 1. The van der Waals surface area contributed by atoms with Crippen molar-refractivity contribution in [1.82, 2.24) is 4.90 Å². The second kappa shape index (κ2) is 5.11. The zero-order valence-corrected chi connectivity index (χ0v) is 8.94. The smallest absolute Gasteiger partial charge is 0.407 e. The van der Waals surface area contributed by atoms with Crippen LogP contribution in [-0.4, -0.2) is 47.7 Å². The van der Waals surface area contributed by atoms with Gasteiger partial charge in [0.05, 0.1) is 12.2 Å². The zero-order chi connectivity index (χ0) is 11.3. The van der Waals surface area contributed by atoms with Crippen molar-refractivity contribution in [3.8, 4) is 0 Å². The van der Waals surface area contributed by atoms with Crippen molar-refractivity contribution in [3.63, 3.8) is 0 Å². The first-order valence-electron chi connectivity index (χ1n) is 5.13. The van der Waals surface area contributed by atoms with Crippen molar-refractivity contribution in [3.05, 3.63) is 0 Å². The van der Waals surface area contributed by atoms with Gasteiger partial charge in [-0.1, -0.05) is 0 Å². The monoisotopic (exact) mass is 215 g/mol. The molecule has 0 aromatic rings. The first-order chi connectivity index (χ1) is 7.07. The third kappa shape index (κ3) is 3.51. The Bertz CT molecular complexity index is 234. The zero-order valence-electron chi connectivity index (χ0n) is 8.94. The van der Waals surface area contributed by atoms with Crippen LogP contribution in [0.4, 0.5) is 4.79 Å². The highest BCUT2D eigenvalue weighted by molar-refractivity contribution is 5.65. The second-order valence-corrected chi connectivity index (χ2v) is 4.02. The molecule has 1 fully saturated rings. The van der Waals surface area contributed by atoms with Gasteiger partial charge in [0, 0.05) is 19.5 Å². The number of carbonyl (C=O) groups excluding carboxylic acids is 1. The van der Waals surface area contributed by atoms with E-state index in [1.807, 2.05) is 6.92 Å². The molecule has 1 N–H and O–H groups in total. The maximum absolute atomic E-state index is 10.7. The van der Waals surface area contributed by atoms with Gasteiger partial charge in [0.25, 0.3) is 0 Å². The summed E-state index contributed by atoms with van der Waals surface area (Å²) in [7, 11) is 0. The van der Waals surface area contributed by atoms with Crippen LogP contribution in [0.15, 0.2) is 0 Å². The molecule has 15 heavy (non-hydrogen) atoms. The Morgan fingerprint density at radius 1 is 1.53 bits per heavy atom. The lowest BCUT2D eigenvalue weighted by atomic mass is 9.93. The van der Waals surface area contributed by atoms with Gasteiger partial charge in [-0.2, -0.15) is 0 Å². The molecule has 1 saturated heterocycles. The van der Waals surface area contributed by atoms with Gasteiger partial charge < -0.3 is 19.5 Å². The molecule has 1 aliphatic rings. The fraction of sp³-hybridized carbons (Fsp3) is 0.800. The SMILES string of the molecule is CC1(OCCC=O)CCN(C(=O)O)CC1. The average Bonchev–Trinajstić information content (AvgIpc) is 2.18. The molecule has 5 nitrogen and oxygen atoms in total. The minimum absolute atomic E-state index is 0.269. The third-order valence-corrected chi connectivity index (χ3v) is 2.78. The van der Waals surface area contributed by atoms with Crippen LogP contribution < -0.4 is 0 Å². The van der Waals surface area contributed by atoms with Crippen LogP contribution >= 0.6 is 0 Å². The fourth-order valence-corrected chi connectivity index (χ4v) is 1.67. The molecule has 0 aromatic heterocycles. The first kappa shape index (κ1) is 12.0. The minimum Gasteiger partial charge on any atom is -0.465 e. The van der Waals surface area contributed by atoms with E-state index in [0.29, 0.717) is 39.0 Å². The van der Waals surface area contributed by atoms with Crippen LogP contribution in [0.25, 0.3) is 0 Å². The molecule has 1 aliphatic heterocycles. The van der Waals surface area contributed by atoms with Crippen LogP contribution in [0, 0.1) is 0 Å². The highest BCUT2D eigenvalue weighted by atomic mass is 16.5. The first-order valence-corrected chi connectivity index (χ1v) is 5.13. The van der Waals surface area contributed by atoms with Gasteiger partial charge in [0.2, 0.25) is 0 Å². The number of carboxylic acid groups (broad SMARTS) is 1. The van der Waals surface area contributed by atoms with Gasteiger partial charge >= 0.3 is 6.09 Å². The van der Waals surface area contributed by atoms with Crippen molar-refractivity contribution in [2.45, 2.75) is 31.8 Å². The van der Waals surface area contributed by atoms with Crippen LogP contribution in [0.3, 0.4) is 0 Å². The van der Waals surface area contributed by atoms with E-state index in [1.54, 1.807) is 0 Å². The number of nitrogens with zero attached hydrogens (tertiary/aromatic N) is 1. The lowest BCUT2D eigenvalue weighted by Crippen LogP contribution is -2.46. The Morgan fingerprint density at radius 3 is 2.60 bits per heavy atom. The average molecular weight is 215 g/mol. The summed E-state index contributed by atoms with van der Waals surface area (Å²) in [5, 5.41) is 8.76. The van der Waals surface area contributed by atoms with Crippen molar-refractivity contribution in [2.75, 3.05) is 19.7 Å². The summed E-state index contributed by atoms with van der Waals surface area (Å²) >= 11 is 0. The molecule has 1 heterocycles. The second-order valence-electron chi connectivity index (χ2n) is 4.02. The largest absolute Gasteiger partial charge is 0.465 e. The van der Waals surface area contributed by atoms with Gasteiger partial charge in [-0.05, 0) is 19.8 Å². The third-order valence-electron chi connectivity index (χ3n) is 2.78. The van der Waals surface area contributed by atoms with E-state index in [0.717, 1.165) is 6.29 Å². The molecule has 0 radical (unpaired) electrons. The Morgan fingerprint density at radius 2 is 2.13 bits per heavy atom. The molecule has 0 atom stereocenters. The summed E-state index contributed by atoms with van der Waals surface area (Å²) in [4.78, 5) is 22.2. The van der Waals surface area contributed by atoms with Gasteiger partial charge in [-0.25, -0.2) is 4.79 Å². The maximum Gasteiger partial charge on any atom is 0.407 e. The standard InChI is InChI=1S/C10H17NO4/c1-10(15-8-2-7-12)3-5-11(6-4-10)9(13)14/h7H,2-6,8H2,1H3,(H,13,14). The van der Waals surface area contributed by atoms with Gasteiger partial charge in [-0.15, -0.1) is 0 Å². The minimum atomic E-state index is -0.870. The summed E-state index contributed by atoms with van der Waals surface area (Å²) in [5.41, 5.74) is -0.269. The van der Waals surface area contributed by atoms with Gasteiger partial charge in [0.15, 0.2) is 0 Å². The van der Waals surface area contributed by atoms with E-state index in [4.69, 9.17) is 9.84 Å². The summed E-state index contributed by atoms with van der Waals surface area (Å²) in [6.07, 6.45) is 1.74. The number of ether oxygens (including phenoxy) is 1. The molecule has 5 heteroatoms. The number of likely N-dealkylation sites (tertiary alicyclic amines) is 1. The summed E-state index contributed by atoms with van der Waals surface area (Å²) in [6.45, 7) is 3.41. The van der Waals surface area contributed by atoms with Crippen LogP contribution in [0.1, 0.15) is 26.2 Å². The molecule has 0 aliphatic carbocycles. The Hall–Kier alpha value is -1.10. The van der Waals surface area contributed by atoms with E-state index in [9.17, 15) is 9.59 Å². The molecule has 1 amide bonds. The predicted molar refractivity (Wildman–Crippen MR) is 53.9 cm³/mol. The van der Waals surface area contributed by atoms with Crippen molar-refractivity contribution in [2.24, 2.45) is 0 Å². The van der Waals surface area contributed by atoms with Gasteiger partial charge in [0.1, 0.15) is 6.29 Å². The topological polar surface area (TPSA) is 66.8 Å². The molecule has 86 valence electrons. The molecule has 0 unspecified atom stereocenters. The van der Waals surface area contributed by atoms with Crippen LogP contribution in [-0.2, 0) is 9.53 Å². The number of hydrogen-bond donors (Lipinski definition) is 1. The highest BCUT2D eigenvalue weighted by Crippen LogP contribution is 2.25. The molecule has 0 spiro atoms. The van der Waals surface area contributed by atoms with E-state index in [2.05, 4.69) is 0 Å². The summed E-state index contributed by atoms with van der Waals surface area (Å²) < 4.78 is 5.59. The normalized spacial score (nSPS) is 19.9. The van der Waals surface area contributed by atoms with Crippen LogP contribution in [0.5, 0.6) is 0 Å². The lowest BCUT2D eigenvalue weighted by molar-refractivity contribution is -0.111. The predicted octanol–water partition coefficient (Wildman–Crippen LogP) is 1.12. The fourth-order valence-electron chi connectivity index (χ4n) is 1.67. The Kier molecular flexibility index (Phi) is 4.08. The molecule has 0 bridgehead atoms. The molecular formula is C10H17NO4. The highest BCUT2D eigenvalue weighted by Gasteiger charge is 2.32. The molecule has 0 saturated carbocycles. The summed E-state index contributed by atoms with van der Waals surface area (Å²) in [6, 6.07) is 0. The van der Waals surface area contributed by atoms with E-state index in [-0.39, 0.29) is 5.60 Å². The quantitative estimate of drug-likeness (QED) is 0.563.